The third kappa shape index (κ3) is 1.46. The Labute approximate surface area is 110 Å². The van der Waals surface area contributed by atoms with Crippen molar-refractivity contribution in [2.24, 2.45) is 0 Å². The van der Waals surface area contributed by atoms with Gasteiger partial charge in [0, 0.05) is 6.20 Å². The monoisotopic (exact) mass is 279 g/mol. The first-order valence-electron chi connectivity index (χ1n) is 5.56. The van der Waals surface area contributed by atoms with Gasteiger partial charge in [-0.25, -0.2) is 9.18 Å². The van der Waals surface area contributed by atoms with Crippen LogP contribution in [-0.2, 0) is 0 Å². The van der Waals surface area contributed by atoms with Gasteiger partial charge in [0.25, 0.3) is 0 Å². The summed E-state index contributed by atoms with van der Waals surface area (Å²) < 4.78 is 33.5. The zero-order valence-electron chi connectivity index (χ0n) is 10.1. The Kier molecular flexibility index (Phi) is 2.40. The predicted molar refractivity (Wildman–Crippen MR) is 65.7 cm³/mol. The molecule has 1 N–H and O–H groups in total. The van der Waals surface area contributed by atoms with Crippen molar-refractivity contribution in [2.45, 2.75) is 6.92 Å². The molecule has 0 spiro atoms. The van der Waals surface area contributed by atoms with Crippen LogP contribution in [0.1, 0.15) is 17.3 Å². The lowest BCUT2D eigenvalue weighted by atomic mass is 10.1. The van der Waals surface area contributed by atoms with Crippen LogP contribution in [0.25, 0.3) is 16.6 Å². The number of aromatic carboxylic acids is 1. The van der Waals surface area contributed by atoms with Crippen LogP contribution in [0.3, 0.4) is 0 Å². The van der Waals surface area contributed by atoms with E-state index in [0.29, 0.717) is 11.8 Å². The normalized spacial score (nSPS) is 13.1. The minimum atomic E-state index is -1.44. The number of carboxylic acids is 1. The van der Waals surface area contributed by atoms with E-state index in [1.165, 1.54) is 4.57 Å². The van der Waals surface area contributed by atoms with Crippen LogP contribution in [0.15, 0.2) is 23.3 Å². The van der Waals surface area contributed by atoms with Crippen LogP contribution >= 0.6 is 0 Å². The van der Waals surface area contributed by atoms with E-state index in [1.807, 2.05) is 0 Å². The number of ether oxygens (including phenoxy) is 1. The quantitative estimate of drug-likeness (QED) is 0.868. The Bertz CT molecular complexity index is 867. The lowest BCUT2D eigenvalue weighted by Crippen LogP contribution is -2.21. The van der Waals surface area contributed by atoms with Crippen molar-refractivity contribution in [1.82, 2.24) is 4.57 Å². The molecule has 1 aromatic carbocycles. The standard InChI is InChI=1S/C13H7F2NO4/c1-5-4-20-12-9(15)8(14)2-6-10(12)16(5)3-7(11(6)17)13(18)19/h2-4H,1H3,(H,18,19). The van der Waals surface area contributed by atoms with Gasteiger partial charge in [-0.2, -0.15) is 4.39 Å². The summed E-state index contributed by atoms with van der Waals surface area (Å²) >= 11 is 0. The second-order valence-corrected chi connectivity index (χ2v) is 4.32. The maximum Gasteiger partial charge on any atom is 0.341 e. The molecule has 3 rings (SSSR count). The summed E-state index contributed by atoms with van der Waals surface area (Å²) in [5.74, 6) is -4.37. The van der Waals surface area contributed by atoms with Crippen molar-refractivity contribution in [3.05, 3.63) is 45.9 Å². The third-order valence-electron chi connectivity index (χ3n) is 3.10. The molecule has 2 aromatic rings. The van der Waals surface area contributed by atoms with E-state index in [0.717, 1.165) is 12.5 Å². The molecule has 0 radical (unpaired) electrons. The first-order chi connectivity index (χ1) is 9.41. The summed E-state index contributed by atoms with van der Waals surface area (Å²) in [4.78, 5) is 23.1. The van der Waals surface area contributed by atoms with Gasteiger partial charge >= 0.3 is 5.97 Å². The fourth-order valence-corrected chi connectivity index (χ4v) is 2.14. The van der Waals surface area contributed by atoms with Crippen molar-refractivity contribution < 1.29 is 23.4 Å². The fraction of sp³-hybridized carbons (Fsp3) is 0.0769. The van der Waals surface area contributed by atoms with Gasteiger partial charge < -0.3 is 14.4 Å². The van der Waals surface area contributed by atoms with Crippen molar-refractivity contribution in [1.29, 1.82) is 0 Å². The molecule has 1 aliphatic rings. The number of aromatic nitrogens is 1. The van der Waals surface area contributed by atoms with Gasteiger partial charge in [-0.3, -0.25) is 4.79 Å². The number of hydrogen-bond acceptors (Lipinski definition) is 3. The maximum absolute atomic E-state index is 13.7. The van der Waals surface area contributed by atoms with Gasteiger partial charge in [-0.15, -0.1) is 0 Å². The molecule has 0 unspecified atom stereocenters. The molecule has 0 saturated heterocycles. The average molecular weight is 279 g/mol. The van der Waals surface area contributed by atoms with E-state index in [2.05, 4.69) is 0 Å². The predicted octanol–water partition coefficient (Wildman–Crippen LogP) is 2.19. The highest BCUT2D eigenvalue weighted by Gasteiger charge is 2.25. The van der Waals surface area contributed by atoms with E-state index in [9.17, 15) is 18.4 Å². The second-order valence-electron chi connectivity index (χ2n) is 4.32. The number of nitrogens with zero attached hydrogens (tertiary/aromatic N) is 1. The summed E-state index contributed by atoms with van der Waals surface area (Å²) in [6.07, 6.45) is 2.22. The molecular weight excluding hydrogens is 272 g/mol. The lowest BCUT2D eigenvalue weighted by Gasteiger charge is -2.20. The number of carboxylic acid groups (broad SMARTS) is 1. The summed E-state index contributed by atoms with van der Waals surface area (Å²) in [6.45, 7) is 1.58. The van der Waals surface area contributed by atoms with E-state index >= 15 is 0 Å². The fourth-order valence-electron chi connectivity index (χ4n) is 2.14. The lowest BCUT2D eigenvalue weighted by molar-refractivity contribution is 0.0695. The number of hydrogen-bond donors (Lipinski definition) is 1. The number of rotatable bonds is 1. The van der Waals surface area contributed by atoms with Crippen molar-refractivity contribution >= 4 is 22.6 Å². The summed E-state index contributed by atoms with van der Waals surface area (Å²) in [5.41, 5.74) is -0.957. The average Bonchev–Trinajstić information content (AvgIpc) is 2.39. The van der Waals surface area contributed by atoms with Crippen molar-refractivity contribution in [3.63, 3.8) is 0 Å². The van der Waals surface area contributed by atoms with E-state index in [1.54, 1.807) is 6.92 Å². The summed E-state index contributed by atoms with van der Waals surface area (Å²) in [5, 5.41) is 8.77. The first-order valence-corrected chi connectivity index (χ1v) is 5.56. The number of carbonyl (C=O) groups is 1. The highest BCUT2D eigenvalue weighted by Crippen LogP contribution is 2.34. The second kappa shape index (κ2) is 3.89. The number of halogens is 2. The van der Waals surface area contributed by atoms with Crippen LogP contribution in [0.4, 0.5) is 8.78 Å². The Morgan fingerprint density at radius 2 is 2.10 bits per heavy atom. The molecule has 1 aliphatic heterocycles. The Morgan fingerprint density at radius 3 is 2.75 bits per heavy atom. The van der Waals surface area contributed by atoms with Crippen LogP contribution < -0.4 is 10.2 Å². The van der Waals surface area contributed by atoms with Gasteiger partial charge in [0.05, 0.1) is 11.1 Å². The van der Waals surface area contributed by atoms with Crippen molar-refractivity contribution in [3.8, 4) is 5.75 Å². The molecular formula is C13H7F2NO4. The molecule has 0 fully saturated rings. The van der Waals surface area contributed by atoms with Gasteiger partial charge in [-0.1, -0.05) is 0 Å². The largest absolute Gasteiger partial charge is 0.477 e. The van der Waals surface area contributed by atoms with Crippen LogP contribution in [0.5, 0.6) is 5.75 Å². The van der Waals surface area contributed by atoms with Crippen LogP contribution in [0.2, 0.25) is 0 Å². The van der Waals surface area contributed by atoms with Crippen molar-refractivity contribution in [2.75, 3.05) is 0 Å². The van der Waals surface area contributed by atoms with Gasteiger partial charge in [0.1, 0.15) is 17.3 Å². The minimum Gasteiger partial charge on any atom is -0.477 e. The maximum atomic E-state index is 13.7. The molecule has 0 amide bonds. The number of benzene rings is 1. The topological polar surface area (TPSA) is 68.5 Å². The van der Waals surface area contributed by atoms with Crippen LogP contribution in [0, 0.1) is 11.6 Å². The van der Waals surface area contributed by atoms with Gasteiger partial charge in [0.15, 0.2) is 11.6 Å². The molecule has 102 valence electrons. The molecule has 5 nitrogen and oxygen atoms in total. The zero-order chi connectivity index (χ0) is 14.6. The molecule has 0 saturated carbocycles. The molecule has 0 bridgehead atoms. The summed E-state index contributed by atoms with van der Waals surface area (Å²) in [6, 6.07) is 0.682. The molecule has 2 heterocycles. The number of pyridine rings is 1. The highest BCUT2D eigenvalue weighted by atomic mass is 19.2. The smallest absolute Gasteiger partial charge is 0.341 e. The van der Waals surface area contributed by atoms with Crippen LogP contribution in [-0.4, -0.2) is 15.6 Å². The minimum absolute atomic E-state index is 0.0129. The SMILES string of the molecule is CC1=COc2c(F)c(F)cc3c(=O)c(C(=O)O)cn1c23. The molecule has 1 aromatic heterocycles. The Balaban J connectivity index is 2.61. The third-order valence-corrected chi connectivity index (χ3v) is 3.10. The Morgan fingerprint density at radius 1 is 1.40 bits per heavy atom. The molecule has 0 aliphatic carbocycles. The molecule has 7 heteroatoms. The first kappa shape index (κ1) is 12.3. The number of allylic oxidation sites excluding steroid dienone is 1. The highest BCUT2D eigenvalue weighted by molar-refractivity contribution is 5.96. The van der Waals surface area contributed by atoms with E-state index in [4.69, 9.17) is 9.84 Å². The van der Waals surface area contributed by atoms with Gasteiger partial charge in [-0.05, 0) is 13.0 Å². The zero-order valence-corrected chi connectivity index (χ0v) is 10.1. The van der Waals surface area contributed by atoms with Gasteiger partial charge in [0.2, 0.25) is 11.2 Å². The molecule has 0 atom stereocenters. The van der Waals surface area contributed by atoms with E-state index in [-0.39, 0.29) is 10.9 Å². The van der Waals surface area contributed by atoms with E-state index < -0.39 is 34.3 Å². The summed E-state index contributed by atoms with van der Waals surface area (Å²) in [7, 11) is 0. The Hall–Kier alpha value is -2.70. The molecule has 20 heavy (non-hydrogen) atoms.